The van der Waals surface area contributed by atoms with Crippen molar-refractivity contribution < 1.29 is 9.53 Å². The van der Waals surface area contributed by atoms with Crippen LogP contribution in [-0.4, -0.2) is 17.6 Å². The number of carbonyl (C=O) groups excluding carboxylic acids is 1. The van der Waals surface area contributed by atoms with Gasteiger partial charge < -0.3 is 10.5 Å². The highest BCUT2D eigenvalue weighted by Gasteiger charge is 2.43. The predicted octanol–water partition coefficient (Wildman–Crippen LogP) is 1.99. The van der Waals surface area contributed by atoms with Crippen LogP contribution in [0.15, 0.2) is 0 Å². The zero-order valence-corrected chi connectivity index (χ0v) is 9.50. The van der Waals surface area contributed by atoms with Crippen molar-refractivity contribution in [2.24, 2.45) is 11.7 Å². The molecule has 2 aliphatic rings. The van der Waals surface area contributed by atoms with Crippen molar-refractivity contribution >= 4 is 5.97 Å². The Hall–Kier alpha value is -0.570. The molecule has 0 aromatic heterocycles. The molecule has 2 fully saturated rings. The van der Waals surface area contributed by atoms with Gasteiger partial charge in [0.05, 0.1) is 0 Å². The van der Waals surface area contributed by atoms with Crippen LogP contribution in [0.5, 0.6) is 0 Å². The molecule has 3 nitrogen and oxygen atoms in total. The maximum Gasteiger partial charge on any atom is 0.326 e. The van der Waals surface area contributed by atoms with Crippen LogP contribution in [0.3, 0.4) is 0 Å². The lowest BCUT2D eigenvalue weighted by atomic mass is 9.74. The molecule has 0 aliphatic heterocycles. The van der Waals surface area contributed by atoms with E-state index >= 15 is 0 Å². The largest absolute Gasteiger partial charge is 0.461 e. The third-order valence-electron chi connectivity index (χ3n) is 4.06. The van der Waals surface area contributed by atoms with E-state index in [4.69, 9.17) is 10.5 Å². The van der Waals surface area contributed by atoms with Gasteiger partial charge in [0.25, 0.3) is 0 Å². The van der Waals surface area contributed by atoms with Crippen molar-refractivity contribution in [2.45, 2.75) is 63.5 Å². The van der Waals surface area contributed by atoms with E-state index < -0.39 is 5.54 Å². The van der Waals surface area contributed by atoms with Gasteiger partial charge in [0.2, 0.25) is 0 Å². The lowest BCUT2D eigenvalue weighted by Gasteiger charge is -2.39. The molecule has 2 saturated carbocycles. The molecule has 2 rings (SSSR count). The summed E-state index contributed by atoms with van der Waals surface area (Å²) in [6, 6.07) is 0. The molecule has 15 heavy (non-hydrogen) atoms. The fourth-order valence-corrected chi connectivity index (χ4v) is 2.42. The standard InChI is InChI=1S/C12H21NO2/c1-9-5-2-3-8-12(9,13)11(14)15-10-6-4-7-10/h9-10H,2-8,13H2,1H3. The molecular formula is C12H21NO2. The van der Waals surface area contributed by atoms with E-state index in [1.165, 1.54) is 12.8 Å². The van der Waals surface area contributed by atoms with E-state index in [0.717, 1.165) is 32.1 Å². The zero-order valence-electron chi connectivity index (χ0n) is 9.50. The van der Waals surface area contributed by atoms with Gasteiger partial charge in [0.1, 0.15) is 11.6 Å². The Bertz CT molecular complexity index is 250. The van der Waals surface area contributed by atoms with Gasteiger partial charge in [0, 0.05) is 0 Å². The minimum Gasteiger partial charge on any atom is -0.461 e. The topological polar surface area (TPSA) is 52.3 Å². The van der Waals surface area contributed by atoms with Crippen molar-refractivity contribution in [3.63, 3.8) is 0 Å². The molecular weight excluding hydrogens is 190 g/mol. The van der Waals surface area contributed by atoms with Crippen LogP contribution in [-0.2, 0) is 9.53 Å². The van der Waals surface area contributed by atoms with E-state index in [1.54, 1.807) is 0 Å². The minimum absolute atomic E-state index is 0.153. The quantitative estimate of drug-likeness (QED) is 0.711. The number of nitrogens with two attached hydrogens (primary N) is 1. The van der Waals surface area contributed by atoms with Crippen LogP contribution in [0, 0.1) is 5.92 Å². The highest BCUT2D eigenvalue weighted by atomic mass is 16.5. The van der Waals surface area contributed by atoms with E-state index in [0.29, 0.717) is 0 Å². The fraction of sp³-hybridized carbons (Fsp3) is 0.917. The number of hydrogen-bond donors (Lipinski definition) is 1. The lowest BCUT2D eigenvalue weighted by molar-refractivity contribution is -0.163. The second-order valence-corrected chi connectivity index (χ2v) is 5.15. The second kappa shape index (κ2) is 4.12. The van der Waals surface area contributed by atoms with Crippen LogP contribution >= 0.6 is 0 Å². The van der Waals surface area contributed by atoms with Gasteiger partial charge in [-0.05, 0) is 38.0 Å². The summed E-state index contributed by atoms with van der Waals surface area (Å²) >= 11 is 0. The Kier molecular flexibility index (Phi) is 3.01. The van der Waals surface area contributed by atoms with E-state index in [9.17, 15) is 4.79 Å². The molecule has 0 bridgehead atoms. The smallest absolute Gasteiger partial charge is 0.326 e. The van der Waals surface area contributed by atoms with Gasteiger partial charge >= 0.3 is 5.97 Å². The Morgan fingerprint density at radius 3 is 2.53 bits per heavy atom. The van der Waals surface area contributed by atoms with E-state index in [-0.39, 0.29) is 18.0 Å². The summed E-state index contributed by atoms with van der Waals surface area (Å²) in [7, 11) is 0. The van der Waals surface area contributed by atoms with Crippen LogP contribution in [0.25, 0.3) is 0 Å². The van der Waals surface area contributed by atoms with Crippen molar-refractivity contribution in [3.8, 4) is 0 Å². The zero-order chi connectivity index (χ0) is 10.9. The number of carbonyl (C=O) groups is 1. The number of rotatable bonds is 2. The predicted molar refractivity (Wildman–Crippen MR) is 58.3 cm³/mol. The maximum atomic E-state index is 12.0. The number of hydrogen-bond acceptors (Lipinski definition) is 3. The third-order valence-corrected chi connectivity index (χ3v) is 4.06. The highest BCUT2D eigenvalue weighted by Crippen LogP contribution is 2.34. The van der Waals surface area contributed by atoms with Gasteiger partial charge in [-0.3, -0.25) is 4.79 Å². The second-order valence-electron chi connectivity index (χ2n) is 5.15. The van der Waals surface area contributed by atoms with Gasteiger partial charge in [-0.1, -0.05) is 19.8 Å². The summed E-state index contributed by atoms with van der Waals surface area (Å²) < 4.78 is 5.44. The first-order valence-corrected chi connectivity index (χ1v) is 6.13. The summed E-state index contributed by atoms with van der Waals surface area (Å²) in [5, 5.41) is 0. The molecule has 2 aliphatic carbocycles. The molecule has 86 valence electrons. The molecule has 0 radical (unpaired) electrons. The van der Waals surface area contributed by atoms with Crippen molar-refractivity contribution in [3.05, 3.63) is 0 Å². The van der Waals surface area contributed by atoms with Crippen LogP contribution in [0.1, 0.15) is 51.9 Å². The average Bonchev–Trinajstić information content (AvgIpc) is 2.16. The van der Waals surface area contributed by atoms with Gasteiger partial charge in [0.15, 0.2) is 0 Å². The Morgan fingerprint density at radius 1 is 1.27 bits per heavy atom. The number of ether oxygens (including phenoxy) is 1. The summed E-state index contributed by atoms with van der Waals surface area (Å²) in [5.74, 6) is 0.109. The van der Waals surface area contributed by atoms with Crippen LogP contribution in [0.2, 0.25) is 0 Å². The Morgan fingerprint density at radius 2 is 2.00 bits per heavy atom. The molecule has 0 aromatic rings. The first kappa shape index (κ1) is 10.9. The Labute approximate surface area is 91.4 Å². The summed E-state index contributed by atoms with van der Waals surface area (Å²) in [5.41, 5.74) is 5.50. The maximum absolute atomic E-state index is 12.0. The molecule has 0 heterocycles. The first-order chi connectivity index (χ1) is 7.13. The average molecular weight is 211 g/mol. The molecule has 0 spiro atoms. The summed E-state index contributed by atoms with van der Waals surface area (Å²) in [6.07, 6.45) is 7.48. The van der Waals surface area contributed by atoms with Gasteiger partial charge in [-0.25, -0.2) is 0 Å². The normalized spacial score (nSPS) is 37.1. The van der Waals surface area contributed by atoms with Gasteiger partial charge in [-0.2, -0.15) is 0 Å². The minimum atomic E-state index is -0.701. The lowest BCUT2D eigenvalue weighted by Crippen LogP contribution is -2.56. The monoisotopic (exact) mass is 211 g/mol. The molecule has 2 atom stereocenters. The molecule has 2 unspecified atom stereocenters. The molecule has 0 amide bonds. The Balaban J connectivity index is 1.95. The molecule has 0 aromatic carbocycles. The van der Waals surface area contributed by atoms with Crippen LogP contribution in [0.4, 0.5) is 0 Å². The first-order valence-electron chi connectivity index (χ1n) is 6.13. The number of esters is 1. The molecule has 2 N–H and O–H groups in total. The third kappa shape index (κ3) is 2.03. The fourth-order valence-electron chi connectivity index (χ4n) is 2.42. The molecule has 0 saturated heterocycles. The van der Waals surface area contributed by atoms with E-state index in [1.807, 2.05) is 0 Å². The van der Waals surface area contributed by atoms with E-state index in [2.05, 4.69) is 6.92 Å². The van der Waals surface area contributed by atoms with Crippen molar-refractivity contribution in [2.75, 3.05) is 0 Å². The van der Waals surface area contributed by atoms with Gasteiger partial charge in [-0.15, -0.1) is 0 Å². The van der Waals surface area contributed by atoms with Crippen LogP contribution < -0.4 is 5.73 Å². The highest BCUT2D eigenvalue weighted by molar-refractivity contribution is 5.81. The van der Waals surface area contributed by atoms with Crippen molar-refractivity contribution in [1.29, 1.82) is 0 Å². The summed E-state index contributed by atoms with van der Waals surface area (Å²) in [4.78, 5) is 12.0. The molecule has 3 heteroatoms. The van der Waals surface area contributed by atoms with Crippen molar-refractivity contribution in [1.82, 2.24) is 0 Å². The summed E-state index contributed by atoms with van der Waals surface area (Å²) in [6.45, 7) is 2.07. The SMILES string of the molecule is CC1CCCCC1(N)C(=O)OC1CCC1.